The number of nitrogen functional groups attached to an aromatic ring is 1. The van der Waals surface area contributed by atoms with Crippen molar-refractivity contribution in [3.8, 4) is 22.6 Å². The molecule has 0 radical (unpaired) electrons. The molecule has 0 bridgehead atoms. The van der Waals surface area contributed by atoms with Gasteiger partial charge in [-0.1, -0.05) is 97.1 Å². The normalized spacial score (nSPS) is 14.3. The minimum Gasteiger partial charge on any atom is -0.485 e. The van der Waals surface area contributed by atoms with Crippen LogP contribution >= 0.6 is 0 Å². The van der Waals surface area contributed by atoms with E-state index in [1.165, 1.54) is 0 Å². The highest BCUT2D eigenvalue weighted by Gasteiger charge is 2.35. The second kappa shape index (κ2) is 14.0. The lowest BCUT2D eigenvalue weighted by Crippen LogP contribution is -2.43. The number of fused-ring (bicyclic) bond motifs is 1. The summed E-state index contributed by atoms with van der Waals surface area (Å²) in [6, 6.07) is 40.5. The molecule has 6 rings (SSSR count). The van der Waals surface area contributed by atoms with E-state index in [9.17, 15) is 4.79 Å². The molecule has 240 valence electrons. The largest absolute Gasteiger partial charge is 0.485 e. The predicted octanol–water partition coefficient (Wildman–Crippen LogP) is 9.17. The average molecular weight is 627 g/mol. The fourth-order valence-electron chi connectivity index (χ4n) is 5.94. The van der Waals surface area contributed by atoms with Crippen LogP contribution in [0.5, 0.6) is 11.5 Å². The highest BCUT2D eigenvalue weighted by Crippen LogP contribution is 2.41. The van der Waals surface area contributed by atoms with E-state index in [-0.39, 0.29) is 12.1 Å². The molecule has 1 atom stereocenters. The van der Waals surface area contributed by atoms with Crippen molar-refractivity contribution >= 4 is 11.8 Å². The maximum Gasteiger partial charge on any atom is 0.410 e. The third kappa shape index (κ3) is 8.14. The van der Waals surface area contributed by atoms with Gasteiger partial charge in [0.05, 0.1) is 6.04 Å². The summed E-state index contributed by atoms with van der Waals surface area (Å²) >= 11 is 0. The molecule has 5 aromatic carbocycles. The monoisotopic (exact) mass is 626 g/mol. The summed E-state index contributed by atoms with van der Waals surface area (Å²) in [7, 11) is 0. The third-order valence-electron chi connectivity index (χ3n) is 8.27. The Morgan fingerprint density at radius 1 is 0.723 bits per heavy atom. The highest BCUT2D eigenvalue weighted by atomic mass is 16.6. The van der Waals surface area contributed by atoms with Gasteiger partial charge in [-0.15, -0.1) is 0 Å². The molecule has 0 saturated carbocycles. The number of rotatable bonds is 9. The second-order valence-electron chi connectivity index (χ2n) is 13.0. The number of hydrogen-bond acceptors (Lipinski definition) is 5. The molecule has 1 heterocycles. The molecule has 47 heavy (non-hydrogen) atoms. The van der Waals surface area contributed by atoms with Crippen LogP contribution in [0.25, 0.3) is 11.1 Å². The molecular weight excluding hydrogens is 584 g/mol. The average Bonchev–Trinajstić information content (AvgIpc) is 3.07. The molecule has 0 aromatic heterocycles. The number of benzene rings is 5. The van der Waals surface area contributed by atoms with Gasteiger partial charge in [0.25, 0.3) is 0 Å². The lowest BCUT2D eigenvalue weighted by Gasteiger charge is -2.38. The van der Waals surface area contributed by atoms with Crippen LogP contribution in [0.1, 0.15) is 54.6 Å². The Bertz CT molecular complexity index is 1800. The van der Waals surface area contributed by atoms with E-state index in [4.69, 9.17) is 19.9 Å². The first kappa shape index (κ1) is 31.7. The van der Waals surface area contributed by atoms with Crippen molar-refractivity contribution in [3.63, 3.8) is 0 Å². The third-order valence-corrected chi connectivity index (χ3v) is 8.27. The zero-order chi connectivity index (χ0) is 32.8. The molecule has 5 aromatic rings. The van der Waals surface area contributed by atoms with Gasteiger partial charge in [-0.2, -0.15) is 0 Å². The molecular formula is C41H42N2O4. The zero-order valence-corrected chi connectivity index (χ0v) is 27.3. The van der Waals surface area contributed by atoms with Gasteiger partial charge in [0.1, 0.15) is 18.8 Å². The van der Waals surface area contributed by atoms with Gasteiger partial charge in [0.15, 0.2) is 11.5 Å². The summed E-state index contributed by atoms with van der Waals surface area (Å²) in [6.07, 6.45) is 0.979. The van der Waals surface area contributed by atoms with Gasteiger partial charge < -0.3 is 24.8 Å². The van der Waals surface area contributed by atoms with E-state index in [1.54, 1.807) is 0 Å². The van der Waals surface area contributed by atoms with Crippen LogP contribution in [-0.2, 0) is 30.8 Å². The smallest absolute Gasteiger partial charge is 0.410 e. The summed E-state index contributed by atoms with van der Waals surface area (Å²) in [4.78, 5) is 15.5. The van der Waals surface area contributed by atoms with Crippen LogP contribution in [-0.4, -0.2) is 23.1 Å². The molecule has 6 heteroatoms. The van der Waals surface area contributed by atoms with E-state index in [0.29, 0.717) is 44.1 Å². The number of carbonyl (C=O) groups excluding carboxylic acids is 1. The van der Waals surface area contributed by atoms with Gasteiger partial charge in [0, 0.05) is 12.2 Å². The first-order valence-electron chi connectivity index (χ1n) is 16.2. The van der Waals surface area contributed by atoms with Crippen molar-refractivity contribution in [2.75, 3.05) is 12.3 Å². The Balaban J connectivity index is 1.35. The van der Waals surface area contributed by atoms with E-state index >= 15 is 0 Å². The molecule has 1 aliphatic heterocycles. The predicted molar refractivity (Wildman–Crippen MR) is 187 cm³/mol. The second-order valence-corrected chi connectivity index (χ2v) is 13.0. The molecule has 1 amide bonds. The summed E-state index contributed by atoms with van der Waals surface area (Å²) in [5.74, 6) is 1.34. The Kier molecular flexibility index (Phi) is 9.48. The molecule has 0 spiro atoms. The van der Waals surface area contributed by atoms with Crippen molar-refractivity contribution in [3.05, 3.63) is 149 Å². The SMILES string of the molecule is CC(C)(C)OC(=O)N1CCc2cc(OCc3ccccc3)c(OCc3ccccc3)cc2C1Cc1ccc(-c2cccc(N)c2)cc1. The molecule has 0 aliphatic carbocycles. The van der Waals surface area contributed by atoms with E-state index in [0.717, 1.165) is 44.6 Å². The number of carbonyl (C=O) groups is 1. The highest BCUT2D eigenvalue weighted by molar-refractivity contribution is 5.70. The van der Waals surface area contributed by atoms with Crippen LogP contribution in [0.4, 0.5) is 10.5 Å². The minimum absolute atomic E-state index is 0.255. The lowest BCUT2D eigenvalue weighted by molar-refractivity contribution is 0.0141. The fourth-order valence-corrected chi connectivity index (χ4v) is 5.94. The molecule has 6 nitrogen and oxygen atoms in total. The fraction of sp³-hybridized carbons (Fsp3) is 0.244. The number of ether oxygens (including phenoxy) is 3. The van der Waals surface area contributed by atoms with E-state index in [2.05, 4.69) is 54.6 Å². The van der Waals surface area contributed by atoms with Gasteiger partial charge >= 0.3 is 6.09 Å². The summed E-state index contributed by atoms with van der Waals surface area (Å²) < 4.78 is 18.8. The molecule has 0 saturated heterocycles. The molecule has 1 aliphatic rings. The van der Waals surface area contributed by atoms with Crippen LogP contribution in [0.15, 0.2) is 121 Å². The van der Waals surface area contributed by atoms with Crippen LogP contribution < -0.4 is 15.2 Å². The van der Waals surface area contributed by atoms with Crippen molar-refractivity contribution in [1.82, 2.24) is 4.90 Å². The standard InChI is InChI=1S/C41H42N2O4/c1-41(2,3)47-40(44)43-22-21-34-25-38(45-27-30-11-6-4-7-12-30)39(46-28-31-13-8-5-9-14-31)26-36(34)37(43)23-29-17-19-32(20-18-29)33-15-10-16-35(42)24-33/h4-20,24-26,37H,21-23,27-28,42H2,1-3H3. The number of hydrogen-bond donors (Lipinski definition) is 1. The Labute approximate surface area is 277 Å². The molecule has 0 fully saturated rings. The Morgan fingerprint density at radius 3 is 1.94 bits per heavy atom. The number of nitrogens with two attached hydrogens (primary N) is 1. The minimum atomic E-state index is -0.611. The van der Waals surface area contributed by atoms with Crippen molar-refractivity contribution in [2.45, 2.75) is 58.5 Å². The number of nitrogens with zero attached hydrogens (tertiary/aromatic N) is 1. The van der Waals surface area contributed by atoms with Gasteiger partial charge in [-0.05, 0) is 96.8 Å². The summed E-state index contributed by atoms with van der Waals surface area (Å²) in [5, 5.41) is 0. The number of amides is 1. The van der Waals surface area contributed by atoms with Crippen LogP contribution in [0, 0.1) is 0 Å². The van der Waals surface area contributed by atoms with Crippen molar-refractivity contribution < 1.29 is 19.0 Å². The summed E-state index contributed by atoms with van der Waals surface area (Å²) in [6.45, 7) is 7.06. The van der Waals surface area contributed by atoms with Crippen molar-refractivity contribution in [1.29, 1.82) is 0 Å². The number of anilines is 1. The van der Waals surface area contributed by atoms with Gasteiger partial charge in [0.2, 0.25) is 0 Å². The summed E-state index contributed by atoms with van der Waals surface area (Å²) in [5.41, 5.74) is 13.7. The maximum atomic E-state index is 13.7. The van der Waals surface area contributed by atoms with Crippen molar-refractivity contribution in [2.24, 2.45) is 0 Å². The Morgan fingerprint density at radius 2 is 1.34 bits per heavy atom. The van der Waals surface area contributed by atoms with E-state index < -0.39 is 5.60 Å². The van der Waals surface area contributed by atoms with Gasteiger partial charge in [-0.3, -0.25) is 0 Å². The molecule has 2 N–H and O–H groups in total. The lowest BCUT2D eigenvalue weighted by atomic mass is 9.88. The van der Waals surface area contributed by atoms with Crippen LogP contribution in [0.3, 0.4) is 0 Å². The van der Waals surface area contributed by atoms with Gasteiger partial charge in [-0.25, -0.2) is 4.79 Å². The van der Waals surface area contributed by atoms with E-state index in [1.807, 2.05) is 92.4 Å². The first-order valence-corrected chi connectivity index (χ1v) is 16.2. The quantitative estimate of drug-likeness (QED) is 0.165. The first-order chi connectivity index (χ1) is 22.7. The van der Waals surface area contributed by atoms with Crippen LogP contribution in [0.2, 0.25) is 0 Å². The zero-order valence-electron chi connectivity index (χ0n) is 27.3. The topological polar surface area (TPSA) is 74.0 Å². The molecule has 1 unspecified atom stereocenters. The maximum absolute atomic E-state index is 13.7. The Hall–Kier alpha value is -5.23.